The van der Waals surface area contributed by atoms with Gasteiger partial charge in [0, 0.05) is 5.56 Å². The van der Waals surface area contributed by atoms with Crippen LogP contribution in [0.25, 0.3) is 0 Å². The number of para-hydroxylation sites is 1. The molecule has 0 aromatic heterocycles. The maximum Gasteiger partial charge on any atom is 0.124 e. The van der Waals surface area contributed by atoms with Crippen LogP contribution in [-0.2, 0) is 0 Å². The van der Waals surface area contributed by atoms with E-state index in [9.17, 15) is 15.3 Å². The summed E-state index contributed by atoms with van der Waals surface area (Å²) in [4.78, 5) is 0. The van der Waals surface area contributed by atoms with E-state index in [2.05, 4.69) is 20.8 Å². The standard InChI is InChI=1S/C32H50O4/c1-20(8-7-10-27(33)22-9-5-6-11-29(22)36-4)23-14-15-24-21-12-13-26-30(35)28(34)17-19-32(26,3)25(21)16-18-31(23,24)2/h5-6,9,11,20-21,23-28,30,33-35H,7-8,10,12-19H2,1-4H3/t20-,21+,23-,24+,25+,26+,27+,28+,30-,31-,32-/m1/s1. The van der Waals surface area contributed by atoms with Crippen LogP contribution in [0.1, 0.15) is 103 Å². The van der Waals surface area contributed by atoms with Crippen LogP contribution in [0.3, 0.4) is 0 Å². The molecule has 0 bridgehead atoms. The summed E-state index contributed by atoms with van der Waals surface area (Å²) in [6, 6.07) is 7.84. The first-order valence-electron chi connectivity index (χ1n) is 14.9. The molecule has 0 heterocycles. The van der Waals surface area contributed by atoms with Crippen LogP contribution in [-0.4, -0.2) is 34.6 Å². The molecule has 3 N–H and O–H groups in total. The van der Waals surface area contributed by atoms with Crippen LogP contribution in [0.15, 0.2) is 24.3 Å². The number of hydrogen-bond donors (Lipinski definition) is 3. The Bertz CT molecular complexity index is 902. The Labute approximate surface area is 218 Å². The Hall–Kier alpha value is -1.10. The first-order valence-corrected chi connectivity index (χ1v) is 14.9. The molecular weight excluding hydrogens is 448 g/mol. The molecule has 202 valence electrons. The zero-order chi connectivity index (χ0) is 25.7. The second-order valence-electron chi connectivity index (χ2n) is 13.6. The minimum absolute atomic E-state index is 0.196. The van der Waals surface area contributed by atoms with Crippen LogP contribution >= 0.6 is 0 Å². The van der Waals surface area contributed by atoms with E-state index in [-0.39, 0.29) is 11.3 Å². The molecule has 0 spiro atoms. The van der Waals surface area contributed by atoms with E-state index in [4.69, 9.17) is 4.74 Å². The molecular formula is C32H50O4. The van der Waals surface area contributed by atoms with Gasteiger partial charge in [-0.3, -0.25) is 0 Å². The zero-order valence-electron chi connectivity index (χ0n) is 23.0. The van der Waals surface area contributed by atoms with Crippen LogP contribution < -0.4 is 4.74 Å². The average molecular weight is 499 g/mol. The lowest BCUT2D eigenvalue weighted by Crippen LogP contribution is -2.58. The molecule has 0 radical (unpaired) electrons. The van der Waals surface area contributed by atoms with E-state index in [1.165, 1.54) is 38.5 Å². The van der Waals surface area contributed by atoms with Gasteiger partial charge in [0.15, 0.2) is 0 Å². The van der Waals surface area contributed by atoms with Gasteiger partial charge in [-0.2, -0.15) is 0 Å². The Morgan fingerprint density at radius 2 is 1.58 bits per heavy atom. The van der Waals surface area contributed by atoms with Gasteiger partial charge in [-0.05, 0) is 110 Å². The van der Waals surface area contributed by atoms with E-state index in [1.54, 1.807) is 7.11 Å². The smallest absolute Gasteiger partial charge is 0.124 e. The van der Waals surface area contributed by atoms with E-state index < -0.39 is 18.3 Å². The highest BCUT2D eigenvalue weighted by Gasteiger charge is 2.61. The number of fused-ring (bicyclic) bond motifs is 5. The van der Waals surface area contributed by atoms with E-state index in [1.807, 2.05) is 24.3 Å². The number of benzene rings is 1. The van der Waals surface area contributed by atoms with Gasteiger partial charge in [-0.25, -0.2) is 0 Å². The molecule has 5 rings (SSSR count). The number of aliphatic hydroxyl groups excluding tert-OH is 3. The van der Waals surface area contributed by atoms with Crippen LogP contribution in [0.4, 0.5) is 0 Å². The molecule has 4 saturated carbocycles. The lowest BCUT2D eigenvalue weighted by atomic mass is 9.44. The third kappa shape index (κ3) is 4.33. The predicted octanol–water partition coefficient (Wildman–Crippen LogP) is 6.53. The topological polar surface area (TPSA) is 69.9 Å². The zero-order valence-corrected chi connectivity index (χ0v) is 23.0. The molecule has 4 aliphatic rings. The molecule has 1 aromatic rings. The third-order valence-corrected chi connectivity index (χ3v) is 12.1. The SMILES string of the molecule is COc1ccccc1[C@@H](O)CCC[C@@H](C)[C@H]1CC[C@H]2[C@@H]3CC[C@H]4[C@@H](O)[C@@H](O)CC[C@]4(C)[C@H]3CC[C@]12C. The van der Waals surface area contributed by atoms with E-state index >= 15 is 0 Å². The average Bonchev–Trinajstić information content (AvgIpc) is 3.23. The van der Waals surface area contributed by atoms with Gasteiger partial charge >= 0.3 is 0 Å². The summed E-state index contributed by atoms with van der Waals surface area (Å²) in [6.07, 6.45) is 11.0. The molecule has 4 aliphatic carbocycles. The van der Waals surface area contributed by atoms with Gasteiger partial charge < -0.3 is 20.1 Å². The van der Waals surface area contributed by atoms with Crippen molar-refractivity contribution < 1.29 is 20.1 Å². The predicted molar refractivity (Wildman–Crippen MR) is 144 cm³/mol. The Morgan fingerprint density at radius 3 is 2.36 bits per heavy atom. The Morgan fingerprint density at radius 1 is 0.889 bits per heavy atom. The molecule has 4 nitrogen and oxygen atoms in total. The molecule has 0 saturated heterocycles. The number of aliphatic hydroxyl groups is 3. The van der Waals surface area contributed by atoms with Gasteiger partial charge in [0.25, 0.3) is 0 Å². The summed E-state index contributed by atoms with van der Waals surface area (Å²) in [5.74, 6) is 4.82. The van der Waals surface area contributed by atoms with Crippen LogP contribution in [0, 0.1) is 46.3 Å². The number of ether oxygens (including phenoxy) is 1. The van der Waals surface area contributed by atoms with E-state index in [0.717, 1.165) is 61.2 Å². The highest BCUT2D eigenvalue weighted by molar-refractivity contribution is 5.34. The van der Waals surface area contributed by atoms with Crippen molar-refractivity contribution in [1.82, 2.24) is 0 Å². The monoisotopic (exact) mass is 498 g/mol. The summed E-state index contributed by atoms with van der Waals surface area (Å²) < 4.78 is 5.46. The molecule has 11 atom stereocenters. The highest BCUT2D eigenvalue weighted by atomic mass is 16.5. The second kappa shape index (κ2) is 10.2. The van der Waals surface area contributed by atoms with Gasteiger partial charge in [0.05, 0.1) is 25.4 Å². The maximum absolute atomic E-state index is 10.8. The van der Waals surface area contributed by atoms with Gasteiger partial charge in [-0.1, -0.05) is 51.8 Å². The quantitative estimate of drug-likeness (QED) is 0.400. The first kappa shape index (κ1) is 26.5. The minimum atomic E-state index is -0.527. The number of methoxy groups -OCH3 is 1. The van der Waals surface area contributed by atoms with Crippen molar-refractivity contribution in [2.24, 2.45) is 46.3 Å². The fourth-order valence-electron chi connectivity index (χ4n) is 10.2. The van der Waals surface area contributed by atoms with Crippen molar-refractivity contribution >= 4 is 0 Å². The normalized spacial score (nSPS) is 43.7. The first-order chi connectivity index (χ1) is 17.2. The largest absolute Gasteiger partial charge is 0.496 e. The minimum Gasteiger partial charge on any atom is -0.496 e. The molecule has 0 unspecified atom stereocenters. The van der Waals surface area contributed by atoms with Gasteiger partial charge in [0.2, 0.25) is 0 Å². The Balaban J connectivity index is 1.21. The lowest BCUT2D eigenvalue weighted by Gasteiger charge is -2.62. The number of hydrogen-bond acceptors (Lipinski definition) is 4. The van der Waals surface area contributed by atoms with Crippen molar-refractivity contribution in [3.05, 3.63) is 29.8 Å². The fourth-order valence-corrected chi connectivity index (χ4v) is 10.2. The summed E-state index contributed by atoms with van der Waals surface area (Å²) in [6.45, 7) is 7.53. The maximum atomic E-state index is 10.8. The van der Waals surface area contributed by atoms with Crippen molar-refractivity contribution in [3.8, 4) is 5.75 Å². The van der Waals surface area contributed by atoms with Crippen molar-refractivity contribution in [1.29, 1.82) is 0 Å². The molecule has 0 aliphatic heterocycles. The van der Waals surface area contributed by atoms with Gasteiger partial charge in [-0.15, -0.1) is 0 Å². The molecule has 0 amide bonds. The second-order valence-corrected chi connectivity index (χ2v) is 13.6. The van der Waals surface area contributed by atoms with Crippen molar-refractivity contribution in [2.45, 2.75) is 110 Å². The van der Waals surface area contributed by atoms with Gasteiger partial charge in [0.1, 0.15) is 5.75 Å². The molecule has 4 heteroatoms. The Kier molecular flexibility index (Phi) is 7.53. The third-order valence-electron chi connectivity index (χ3n) is 12.1. The number of rotatable bonds is 7. The highest BCUT2D eigenvalue weighted by Crippen LogP contribution is 2.68. The van der Waals surface area contributed by atoms with Crippen LogP contribution in [0.2, 0.25) is 0 Å². The summed E-state index contributed by atoms with van der Waals surface area (Å²) in [7, 11) is 1.67. The summed E-state index contributed by atoms with van der Waals surface area (Å²) >= 11 is 0. The van der Waals surface area contributed by atoms with E-state index in [0.29, 0.717) is 17.3 Å². The van der Waals surface area contributed by atoms with Crippen molar-refractivity contribution in [3.63, 3.8) is 0 Å². The molecule has 4 fully saturated rings. The molecule has 1 aromatic carbocycles. The van der Waals surface area contributed by atoms with Crippen molar-refractivity contribution in [2.75, 3.05) is 7.11 Å². The molecule has 36 heavy (non-hydrogen) atoms. The fraction of sp³-hybridized carbons (Fsp3) is 0.812. The van der Waals surface area contributed by atoms with Crippen LogP contribution in [0.5, 0.6) is 5.75 Å². The summed E-state index contributed by atoms with van der Waals surface area (Å²) in [5, 5.41) is 32.0. The lowest BCUT2D eigenvalue weighted by molar-refractivity contribution is -0.174. The summed E-state index contributed by atoms with van der Waals surface area (Å²) in [5.41, 5.74) is 1.53.